The Morgan fingerprint density at radius 2 is 1.61 bits per heavy atom. The van der Waals surface area contributed by atoms with E-state index in [-0.39, 0.29) is 0 Å². The molecule has 2 heteroatoms. The molecule has 0 radical (unpaired) electrons. The molecule has 0 aromatic carbocycles. The third-order valence-electron chi connectivity index (χ3n) is 5.57. The predicted molar refractivity (Wildman–Crippen MR) is 76.8 cm³/mol. The first-order valence-corrected chi connectivity index (χ1v) is 8.36. The zero-order chi connectivity index (χ0) is 12.4. The molecule has 2 unspecified atom stereocenters. The summed E-state index contributed by atoms with van der Waals surface area (Å²) in [6.07, 6.45) is 13.3. The second-order valence-electron chi connectivity index (χ2n) is 6.81. The molecule has 1 saturated carbocycles. The molecule has 2 nitrogen and oxygen atoms in total. The van der Waals surface area contributed by atoms with E-state index in [2.05, 4.69) is 17.1 Å². The first-order valence-electron chi connectivity index (χ1n) is 8.36. The third kappa shape index (κ3) is 2.75. The Hall–Kier alpha value is -0.0800. The molecule has 0 aromatic heterocycles. The van der Waals surface area contributed by atoms with Crippen molar-refractivity contribution in [3.63, 3.8) is 0 Å². The van der Waals surface area contributed by atoms with Crippen LogP contribution in [0.25, 0.3) is 0 Å². The van der Waals surface area contributed by atoms with Gasteiger partial charge >= 0.3 is 0 Å². The molecule has 2 aliphatic heterocycles. The van der Waals surface area contributed by atoms with Gasteiger partial charge in [-0.15, -0.1) is 0 Å². The van der Waals surface area contributed by atoms with Crippen LogP contribution in [-0.4, -0.2) is 36.1 Å². The largest absolute Gasteiger partial charge is 0.314 e. The van der Waals surface area contributed by atoms with Gasteiger partial charge in [0.25, 0.3) is 0 Å². The molecule has 2 bridgehead atoms. The predicted octanol–water partition coefficient (Wildman–Crippen LogP) is 3.17. The van der Waals surface area contributed by atoms with E-state index in [1.54, 1.807) is 0 Å². The molecule has 1 N–H and O–H groups in total. The summed E-state index contributed by atoms with van der Waals surface area (Å²) in [6, 6.07) is 2.64. The van der Waals surface area contributed by atoms with E-state index < -0.39 is 0 Å². The van der Waals surface area contributed by atoms with Crippen LogP contribution in [0.5, 0.6) is 0 Å². The van der Waals surface area contributed by atoms with Crippen LogP contribution in [0.3, 0.4) is 0 Å². The van der Waals surface area contributed by atoms with Crippen molar-refractivity contribution in [2.75, 3.05) is 13.1 Å². The van der Waals surface area contributed by atoms with E-state index in [1.807, 2.05) is 0 Å². The van der Waals surface area contributed by atoms with Gasteiger partial charge in [-0.25, -0.2) is 0 Å². The van der Waals surface area contributed by atoms with E-state index in [0.717, 1.165) is 30.6 Å². The van der Waals surface area contributed by atoms with Crippen LogP contribution < -0.4 is 5.32 Å². The summed E-state index contributed by atoms with van der Waals surface area (Å²) in [5.74, 6) is 1.03. The summed E-state index contributed by atoms with van der Waals surface area (Å²) in [6.45, 7) is 4.82. The Bertz CT molecular complexity index is 246. The van der Waals surface area contributed by atoms with Crippen LogP contribution in [0.1, 0.15) is 64.7 Å². The summed E-state index contributed by atoms with van der Waals surface area (Å²) in [5.41, 5.74) is 0. The zero-order valence-corrected chi connectivity index (χ0v) is 12.0. The highest BCUT2D eigenvalue weighted by Gasteiger charge is 2.40. The first kappa shape index (κ1) is 12.9. The SMILES string of the molecule is CCNC1CC2CCC(C1)N2CC1CCCCC1. The molecule has 0 aromatic rings. The van der Waals surface area contributed by atoms with Crippen molar-refractivity contribution in [3.8, 4) is 0 Å². The maximum Gasteiger partial charge on any atom is 0.0114 e. The van der Waals surface area contributed by atoms with Gasteiger partial charge in [-0.2, -0.15) is 0 Å². The number of piperidine rings is 1. The highest BCUT2D eigenvalue weighted by Crippen LogP contribution is 2.37. The fourth-order valence-electron chi connectivity index (χ4n) is 4.70. The summed E-state index contributed by atoms with van der Waals surface area (Å²) < 4.78 is 0. The molecule has 2 saturated heterocycles. The molecule has 2 heterocycles. The maximum absolute atomic E-state index is 3.68. The maximum atomic E-state index is 3.68. The minimum absolute atomic E-state index is 0.815. The average Bonchev–Trinajstić information content (AvgIpc) is 2.63. The summed E-state index contributed by atoms with van der Waals surface area (Å²) in [4.78, 5) is 2.91. The molecule has 104 valence electrons. The van der Waals surface area contributed by atoms with Crippen molar-refractivity contribution >= 4 is 0 Å². The van der Waals surface area contributed by atoms with Gasteiger partial charge < -0.3 is 5.32 Å². The quantitative estimate of drug-likeness (QED) is 0.824. The lowest BCUT2D eigenvalue weighted by atomic mass is 9.87. The smallest absolute Gasteiger partial charge is 0.0114 e. The van der Waals surface area contributed by atoms with Gasteiger partial charge in [0.2, 0.25) is 0 Å². The monoisotopic (exact) mass is 250 g/mol. The van der Waals surface area contributed by atoms with E-state index >= 15 is 0 Å². The number of hydrogen-bond donors (Lipinski definition) is 1. The zero-order valence-electron chi connectivity index (χ0n) is 12.0. The van der Waals surface area contributed by atoms with Crippen LogP contribution in [0.2, 0.25) is 0 Å². The van der Waals surface area contributed by atoms with Crippen molar-refractivity contribution in [1.82, 2.24) is 10.2 Å². The molecule has 3 aliphatic rings. The first-order chi connectivity index (χ1) is 8.86. The number of nitrogens with zero attached hydrogens (tertiary/aromatic N) is 1. The van der Waals surface area contributed by atoms with E-state index in [9.17, 15) is 0 Å². The summed E-state index contributed by atoms with van der Waals surface area (Å²) >= 11 is 0. The van der Waals surface area contributed by atoms with Crippen LogP contribution >= 0.6 is 0 Å². The summed E-state index contributed by atoms with van der Waals surface area (Å²) in [7, 11) is 0. The highest BCUT2D eigenvalue weighted by atomic mass is 15.2. The van der Waals surface area contributed by atoms with Crippen LogP contribution in [-0.2, 0) is 0 Å². The lowest BCUT2D eigenvalue weighted by Gasteiger charge is -2.41. The molecular formula is C16H30N2. The van der Waals surface area contributed by atoms with Gasteiger partial charge in [0, 0.05) is 24.7 Å². The molecule has 2 atom stereocenters. The number of nitrogens with one attached hydrogen (secondary N) is 1. The minimum Gasteiger partial charge on any atom is -0.314 e. The average molecular weight is 250 g/mol. The summed E-state index contributed by atoms with van der Waals surface area (Å²) in [5, 5.41) is 3.68. The Morgan fingerprint density at radius 1 is 0.944 bits per heavy atom. The number of rotatable bonds is 4. The van der Waals surface area contributed by atoms with E-state index in [4.69, 9.17) is 0 Å². The van der Waals surface area contributed by atoms with Gasteiger partial charge in [0.15, 0.2) is 0 Å². The van der Waals surface area contributed by atoms with Crippen molar-refractivity contribution < 1.29 is 0 Å². The van der Waals surface area contributed by atoms with Gasteiger partial charge in [0.1, 0.15) is 0 Å². The van der Waals surface area contributed by atoms with E-state index in [1.165, 1.54) is 64.3 Å². The van der Waals surface area contributed by atoms with Crippen LogP contribution in [0.15, 0.2) is 0 Å². The molecule has 18 heavy (non-hydrogen) atoms. The van der Waals surface area contributed by atoms with Gasteiger partial charge in [-0.1, -0.05) is 26.2 Å². The Balaban J connectivity index is 1.54. The molecule has 3 fully saturated rings. The molecule has 0 spiro atoms. The van der Waals surface area contributed by atoms with Gasteiger partial charge in [-0.3, -0.25) is 4.90 Å². The molecule has 1 aliphatic carbocycles. The third-order valence-corrected chi connectivity index (χ3v) is 5.57. The molecular weight excluding hydrogens is 220 g/mol. The molecule has 0 amide bonds. The molecule has 3 rings (SSSR count). The normalized spacial score (nSPS) is 38.2. The van der Waals surface area contributed by atoms with Crippen LogP contribution in [0, 0.1) is 5.92 Å². The fourth-order valence-corrected chi connectivity index (χ4v) is 4.70. The van der Waals surface area contributed by atoms with Crippen molar-refractivity contribution in [1.29, 1.82) is 0 Å². The minimum atomic E-state index is 0.815. The van der Waals surface area contributed by atoms with Crippen molar-refractivity contribution in [3.05, 3.63) is 0 Å². The van der Waals surface area contributed by atoms with E-state index in [0.29, 0.717) is 0 Å². The Morgan fingerprint density at radius 3 is 2.22 bits per heavy atom. The lowest BCUT2D eigenvalue weighted by Crippen LogP contribution is -2.50. The Kier molecular flexibility index (Phi) is 4.25. The fraction of sp³-hybridized carbons (Fsp3) is 1.00. The Labute approximate surface area is 113 Å². The van der Waals surface area contributed by atoms with Gasteiger partial charge in [0.05, 0.1) is 0 Å². The number of hydrogen-bond acceptors (Lipinski definition) is 2. The van der Waals surface area contributed by atoms with Gasteiger partial charge in [-0.05, 0) is 51.0 Å². The van der Waals surface area contributed by atoms with Crippen molar-refractivity contribution in [2.45, 2.75) is 82.8 Å². The highest BCUT2D eigenvalue weighted by molar-refractivity contribution is 4.98. The number of fused-ring (bicyclic) bond motifs is 2. The van der Waals surface area contributed by atoms with Crippen LogP contribution in [0.4, 0.5) is 0 Å². The topological polar surface area (TPSA) is 15.3 Å². The second-order valence-corrected chi connectivity index (χ2v) is 6.81. The standard InChI is InChI=1S/C16H30N2/c1-2-17-14-10-15-8-9-16(11-14)18(15)12-13-6-4-3-5-7-13/h13-17H,2-12H2,1H3. The second kappa shape index (κ2) is 5.92. The van der Waals surface area contributed by atoms with Crippen molar-refractivity contribution in [2.24, 2.45) is 5.92 Å². The lowest BCUT2D eigenvalue weighted by molar-refractivity contribution is 0.0890.